The number of nitrogens with zero attached hydrogens (tertiary/aromatic N) is 4. The van der Waals surface area contributed by atoms with E-state index in [2.05, 4.69) is 15.0 Å². The van der Waals surface area contributed by atoms with E-state index in [9.17, 15) is 4.79 Å². The van der Waals surface area contributed by atoms with Gasteiger partial charge >= 0.3 is 0 Å². The number of fused-ring (bicyclic) bond motifs is 1. The number of carbonyl (C=O) groups excluding carboxylic acids is 1. The molecule has 1 aliphatic rings. The van der Waals surface area contributed by atoms with Crippen molar-refractivity contribution < 1.29 is 9.53 Å². The lowest BCUT2D eigenvalue weighted by Crippen LogP contribution is -2.48. The zero-order valence-electron chi connectivity index (χ0n) is 14.0. The average molecular weight is 354 g/mol. The van der Waals surface area contributed by atoms with E-state index >= 15 is 0 Å². The maximum absolute atomic E-state index is 13.0. The van der Waals surface area contributed by atoms with Gasteiger partial charge in [-0.1, -0.05) is 12.1 Å². The molecule has 0 unspecified atom stereocenters. The van der Waals surface area contributed by atoms with Gasteiger partial charge in [0.25, 0.3) is 5.91 Å². The van der Waals surface area contributed by atoms with Crippen LogP contribution in [0.2, 0.25) is 0 Å². The first-order valence-corrected chi connectivity index (χ1v) is 9.05. The number of para-hydroxylation sites is 1. The SMILES string of the molecule is C[C@@H]1CN(C(=O)c2nccnc2-c2nc3ccccc3s2)C[C@@H](C)O1. The molecule has 7 heteroatoms. The molecule has 128 valence electrons. The monoisotopic (exact) mass is 354 g/mol. The highest BCUT2D eigenvalue weighted by molar-refractivity contribution is 7.21. The van der Waals surface area contributed by atoms with Gasteiger partial charge in [0.05, 0.1) is 22.4 Å². The number of hydrogen-bond donors (Lipinski definition) is 0. The maximum atomic E-state index is 13.0. The summed E-state index contributed by atoms with van der Waals surface area (Å²) < 4.78 is 6.78. The first-order chi connectivity index (χ1) is 12.1. The topological polar surface area (TPSA) is 68.2 Å². The highest BCUT2D eigenvalue weighted by Gasteiger charge is 2.29. The number of amides is 1. The van der Waals surface area contributed by atoms with Gasteiger partial charge in [-0.05, 0) is 26.0 Å². The molecule has 0 saturated carbocycles. The van der Waals surface area contributed by atoms with E-state index in [0.29, 0.717) is 29.5 Å². The molecule has 3 aromatic rings. The number of benzene rings is 1. The van der Waals surface area contributed by atoms with Gasteiger partial charge in [0, 0.05) is 25.5 Å². The van der Waals surface area contributed by atoms with Gasteiger partial charge in [-0.15, -0.1) is 11.3 Å². The summed E-state index contributed by atoms with van der Waals surface area (Å²) in [6.07, 6.45) is 3.17. The molecule has 0 aliphatic carbocycles. The minimum atomic E-state index is -0.121. The van der Waals surface area contributed by atoms with Crippen LogP contribution in [0.25, 0.3) is 20.9 Å². The lowest BCUT2D eigenvalue weighted by molar-refractivity contribution is -0.0587. The number of ether oxygens (including phenoxy) is 1. The van der Waals surface area contributed by atoms with E-state index in [-0.39, 0.29) is 18.1 Å². The van der Waals surface area contributed by atoms with Gasteiger partial charge in [-0.2, -0.15) is 0 Å². The lowest BCUT2D eigenvalue weighted by Gasteiger charge is -2.35. The van der Waals surface area contributed by atoms with Crippen LogP contribution < -0.4 is 0 Å². The number of hydrogen-bond acceptors (Lipinski definition) is 6. The summed E-state index contributed by atoms with van der Waals surface area (Å²) in [4.78, 5) is 28.2. The third kappa shape index (κ3) is 3.12. The molecule has 6 nitrogen and oxygen atoms in total. The van der Waals surface area contributed by atoms with Crippen molar-refractivity contribution in [3.8, 4) is 10.7 Å². The van der Waals surface area contributed by atoms with E-state index < -0.39 is 0 Å². The molecule has 1 fully saturated rings. The fourth-order valence-corrected chi connectivity index (χ4v) is 4.08. The largest absolute Gasteiger partial charge is 0.372 e. The van der Waals surface area contributed by atoms with Crippen molar-refractivity contribution in [2.75, 3.05) is 13.1 Å². The van der Waals surface area contributed by atoms with Crippen LogP contribution >= 0.6 is 11.3 Å². The smallest absolute Gasteiger partial charge is 0.274 e. The summed E-state index contributed by atoms with van der Waals surface area (Å²) in [5.74, 6) is -0.121. The van der Waals surface area contributed by atoms with Crippen molar-refractivity contribution in [1.82, 2.24) is 19.9 Å². The molecule has 1 aliphatic heterocycles. The summed E-state index contributed by atoms with van der Waals surface area (Å²) in [5, 5.41) is 0.715. The van der Waals surface area contributed by atoms with Crippen LogP contribution in [0, 0.1) is 0 Å². The second-order valence-electron chi connectivity index (χ2n) is 6.21. The van der Waals surface area contributed by atoms with Crippen molar-refractivity contribution in [3.63, 3.8) is 0 Å². The summed E-state index contributed by atoms with van der Waals surface area (Å²) in [6, 6.07) is 7.90. The van der Waals surface area contributed by atoms with Gasteiger partial charge in [-0.25, -0.2) is 15.0 Å². The Bertz CT molecular complexity index is 883. The van der Waals surface area contributed by atoms with Crippen LogP contribution in [0.4, 0.5) is 0 Å². The Morgan fingerprint density at radius 1 is 1.16 bits per heavy atom. The normalized spacial score (nSPS) is 20.8. The minimum Gasteiger partial charge on any atom is -0.372 e. The molecule has 2 atom stereocenters. The molecule has 0 N–H and O–H groups in total. The van der Waals surface area contributed by atoms with E-state index in [1.165, 1.54) is 11.3 Å². The molecule has 1 amide bonds. The van der Waals surface area contributed by atoms with Crippen LogP contribution in [-0.4, -0.2) is 51.1 Å². The Hall–Kier alpha value is -2.38. The van der Waals surface area contributed by atoms with Crippen molar-refractivity contribution >= 4 is 27.5 Å². The molecular weight excluding hydrogens is 336 g/mol. The average Bonchev–Trinajstić information content (AvgIpc) is 3.04. The molecule has 0 radical (unpaired) electrons. The number of morpholine rings is 1. The third-order valence-electron chi connectivity index (χ3n) is 4.10. The fraction of sp³-hybridized carbons (Fsp3) is 0.333. The van der Waals surface area contributed by atoms with Crippen molar-refractivity contribution in [2.45, 2.75) is 26.1 Å². The summed E-state index contributed by atoms with van der Waals surface area (Å²) in [6.45, 7) is 5.06. The summed E-state index contributed by atoms with van der Waals surface area (Å²) in [7, 11) is 0. The first kappa shape index (κ1) is 16.1. The van der Waals surface area contributed by atoms with E-state index in [4.69, 9.17) is 4.74 Å². The Morgan fingerprint density at radius 3 is 2.64 bits per heavy atom. The molecule has 2 aromatic heterocycles. The van der Waals surface area contributed by atoms with Crippen molar-refractivity contribution in [2.24, 2.45) is 0 Å². The number of aromatic nitrogens is 3. The quantitative estimate of drug-likeness (QED) is 0.708. The molecule has 0 spiro atoms. The second-order valence-corrected chi connectivity index (χ2v) is 7.24. The summed E-state index contributed by atoms with van der Waals surface area (Å²) >= 11 is 1.52. The standard InChI is InChI=1S/C18H18N4O2S/c1-11-9-22(10-12(2)24-11)18(23)16-15(19-7-8-20-16)17-21-13-5-3-4-6-14(13)25-17/h3-8,11-12H,9-10H2,1-2H3/t11-,12-/m1/s1. The van der Waals surface area contributed by atoms with Crippen LogP contribution in [-0.2, 0) is 4.74 Å². The molecule has 3 heterocycles. The lowest BCUT2D eigenvalue weighted by atomic mass is 10.2. The van der Waals surface area contributed by atoms with Gasteiger partial charge in [-0.3, -0.25) is 4.79 Å². The van der Waals surface area contributed by atoms with Crippen LogP contribution in [0.5, 0.6) is 0 Å². The van der Waals surface area contributed by atoms with E-state index in [0.717, 1.165) is 10.2 Å². The predicted molar refractivity (Wildman–Crippen MR) is 96.6 cm³/mol. The van der Waals surface area contributed by atoms with E-state index in [1.54, 1.807) is 17.3 Å². The zero-order chi connectivity index (χ0) is 17.4. The Morgan fingerprint density at radius 2 is 1.88 bits per heavy atom. The van der Waals surface area contributed by atoms with Crippen LogP contribution in [0.3, 0.4) is 0 Å². The fourth-order valence-electron chi connectivity index (χ4n) is 3.12. The predicted octanol–water partition coefficient (Wildman–Crippen LogP) is 3.00. The second kappa shape index (κ2) is 6.50. The molecule has 1 aromatic carbocycles. The van der Waals surface area contributed by atoms with Crippen molar-refractivity contribution in [1.29, 1.82) is 0 Å². The Labute approximate surface area is 149 Å². The van der Waals surface area contributed by atoms with Gasteiger partial charge in [0.1, 0.15) is 10.7 Å². The summed E-state index contributed by atoms with van der Waals surface area (Å²) in [5.41, 5.74) is 1.79. The maximum Gasteiger partial charge on any atom is 0.274 e. The number of rotatable bonds is 2. The molecular formula is C18H18N4O2S. The third-order valence-corrected chi connectivity index (χ3v) is 5.15. The highest BCUT2D eigenvalue weighted by Crippen LogP contribution is 2.30. The Kier molecular flexibility index (Phi) is 4.19. The molecule has 25 heavy (non-hydrogen) atoms. The highest BCUT2D eigenvalue weighted by atomic mass is 32.1. The number of carbonyl (C=O) groups is 1. The zero-order valence-corrected chi connectivity index (χ0v) is 14.9. The number of thiazole rings is 1. The van der Waals surface area contributed by atoms with Gasteiger partial charge < -0.3 is 9.64 Å². The van der Waals surface area contributed by atoms with Crippen molar-refractivity contribution in [3.05, 3.63) is 42.4 Å². The van der Waals surface area contributed by atoms with E-state index in [1.807, 2.05) is 38.1 Å². The molecule has 0 bridgehead atoms. The molecule has 1 saturated heterocycles. The van der Waals surface area contributed by atoms with Crippen LogP contribution in [0.1, 0.15) is 24.3 Å². The first-order valence-electron chi connectivity index (χ1n) is 8.23. The van der Waals surface area contributed by atoms with Gasteiger partial charge in [0.2, 0.25) is 0 Å². The molecule has 4 rings (SSSR count). The van der Waals surface area contributed by atoms with Crippen LogP contribution in [0.15, 0.2) is 36.7 Å². The minimum absolute atomic E-state index is 0.00951. The van der Waals surface area contributed by atoms with Gasteiger partial charge in [0.15, 0.2) is 5.69 Å². The Balaban J connectivity index is 1.72.